The van der Waals surface area contributed by atoms with Gasteiger partial charge in [0.1, 0.15) is 0 Å². The first-order chi connectivity index (χ1) is 5.70. The molecule has 0 aliphatic heterocycles. The second-order valence-corrected chi connectivity index (χ2v) is 3.09. The van der Waals surface area contributed by atoms with Gasteiger partial charge in [-0.2, -0.15) is 5.10 Å². The number of hydrazone groups is 1. The topological polar surface area (TPSA) is 50.4 Å². The number of nitrogens with zero attached hydrogens (tertiary/aromatic N) is 1. The molecule has 0 aromatic carbocycles. The average Bonchev–Trinajstić information content (AvgIpc) is 2.01. The van der Waals surface area contributed by atoms with E-state index in [4.69, 9.17) is 5.73 Å². The Kier molecular flexibility index (Phi) is 6.66. The second kappa shape index (κ2) is 7.03. The van der Waals surface area contributed by atoms with E-state index in [2.05, 4.69) is 36.6 Å². The van der Waals surface area contributed by atoms with Crippen LogP contribution in [0.1, 0.15) is 39.5 Å². The molecule has 0 aromatic heterocycles. The van der Waals surface area contributed by atoms with Crippen LogP contribution < -0.4 is 11.2 Å². The van der Waals surface area contributed by atoms with Gasteiger partial charge in [-0.3, -0.25) is 5.43 Å². The van der Waals surface area contributed by atoms with Crippen LogP contribution >= 0.6 is 12.2 Å². The van der Waals surface area contributed by atoms with Crippen LogP contribution in [-0.4, -0.2) is 10.8 Å². The maximum Gasteiger partial charge on any atom is 0.184 e. The summed E-state index contributed by atoms with van der Waals surface area (Å²) in [7, 11) is 0. The number of thiocarbonyl (C=S) groups is 1. The first kappa shape index (κ1) is 11.4. The molecule has 3 N–H and O–H groups in total. The van der Waals surface area contributed by atoms with Crippen molar-refractivity contribution in [3.63, 3.8) is 0 Å². The van der Waals surface area contributed by atoms with Crippen molar-refractivity contribution in [2.75, 3.05) is 0 Å². The average molecular weight is 187 g/mol. The van der Waals surface area contributed by atoms with E-state index in [0.717, 1.165) is 31.4 Å². The quantitative estimate of drug-likeness (QED) is 0.392. The van der Waals surface area contributed by atoms with E-state index in [9.17, 15) is 0 Å². The molecule has 3 nitrogen and oxygen atoms in total. The monoisotopic (exact) mass is 187 g/mol. The fourth-order valence-corrected chi connectivity index (χ4v) is 0.994. The van der Waals surface area contributed by atoms with Gasteiger partial charge in [0.15, 0.2) is 5.11 Å². The van der Waals surface area contributed by atoms with Crippen molar-refractivity contribution in [2.24, 2.45) is 10.8 Å². The molecule has 0 saturated heterocycles. The largest absolute Gasteiger partial charge is 0.375 e. The van der Waals surface area contributed by atoms with Crippen molar-refractivity contribution in [1.29, 1.82) is 0 Å². The highest BCUT2D eigenvalue weighted by Gasteiger charge is 1.96. The maximum atomic E-state index is 5.25. The molecule has 0 bridgehead atoms. The summed E-state index contributed by atoms with van der Waals surface area (Å²) in [6.45, 7) is 4.26. The van der Waals surface area contributed by atoms with Gasteiger partial charge in [-0.1, -0.05) is 26.7 Å². The number of nitrogens with one attached hydrogen (secondary N) is 1. The van der Waals surface area contributed by atoms with Gasteiger partial charge in [-0.25, -0.2) is 0 Å². The van der Waals surface area contributed by atoms with E-state index in [1.807, 2.05) is 0 Å². The summed E-state index contributed by atoms with van der Waals surface area (Å²) in [5.74, 6) is 0. The van der Waals surface area contributed by atoms with Gasteiger partial charge in [0.25, 0.3) is 0 Å². The molecule has 0 aliphatic rings. The van der Waals surface area contributed by atoms with Crippen molar-refractivity contribution >= 4 is 23.0 Å². The smallest absolute Gasteiger partial charge is 0.184 e. The predicted molar refractivity (Wildman–Crippen MR) is 57.2 cm³/mol. The van der Waals surface area contributed by atoms with Gasteiger partial charge < -0.3 is 5.73 Å². The summed E-state index contributed by atoms with van der Waals surface area (Å²) in [6.07, 6.45) is 4.25. The molecule has 70 valence electrons. The van der Waals surface area contributed by atoms with Gasteiger partial charge in [-0.15, -0.1) is 0 Å². The van der Waals surface area contributed by atoms with E-state index in [0.29, 0.717) is 0 Å². The molecule has 0 heterocycles. The Labute approximate surface area is 79.4 Å². The summed E-state index contributed by atoms with van der Waals surface area (Å²) in [4.78, 5) is 0. The molecule has 0 aromatic rings. The molecule has 0 atom stereocenters. The summed E-state index contributed by atoms with van der Waals surface area (Å²) in [6, 6.07) is 0. The van der Waals surface area contributed by atoms with Gasteiger partial charge in [0.2, 0.25) is 0 Å². The van der Waals surface area contributed by atoms with Crippen LogP contribution in [0.25, 0.3) is 0 Å². The lowest BCUT2D eigenvalue weighted by molar-refractivity contribution is 0.882. The Morgan fingerprint density at radius 2 is 1.83 bits per heavy atom. The fourth-order valence-electron chi connectivity index (χ4n) is 0.948. The number of hydrogen-bond donors (Lipinski definition) is 2. The summed E-state index contributed by atoms with van der Waals surface area (Å²) >= 11 is 4.64. The lowest BCUT2D eigenvalue weighted by atomic mass is 10.1. The van der Waals surface area contributed by atoms with Crippen LogP contribution in [0.15, 0.2) is 5.10 Å². The summed E-state index contributed by atoms with van der Waals surface area (Å²) in [5, 5.41) is 4.34. The molecule has 0 fully saturated rings. The Balaban J connectivity index is 3.89. The van der Waals surface area contributed by atoms with Crippen molar-refractivity contribution in [3.05, 3.63) is 0 Å². The molecule has 0 aliphatic carbocycles. The molecule has 0 unspecified atom stereocenters. The third kappa shape index (κ3) is 6.09. The molecule has 0 saturated carbocycles. The van der Waals surface area contributed by atoms with Gasteiger partial charge in [0, 0.05) is 5.71 Å². The lowest BCUT2D eigenvalue weighted by Gasteiger charge is -2.03. The molecule has 0 spiro atoms. The normalized spacial score (nSPS) is 9.17. The highest BCUT2D eigenvalue weighted by molar-refractivity contribution is 7.80. The second-order valence-electron chi connectivity index (χ2n) is 2.65. The molecular formula is C8H17N3S. The maximum absolute atomic E-state index is 5.25. The lowest BCUT2D eigenvalue weighted by Crippen LogP contribution is -2.25. The van der Waals surface area contributed by atoms with Gasteiger partial charge in [0.05, 0.1) is 0 Å². The SMILES string of the molecule is CCCC(CCC)=NNC(N)=S. The third-order valence-electron chi connectivity index (χ3n) is 1.40. The van der Waals surface area contributed by atoms with E-state index >= 15 is 0 Å². The molecule has 0 rings (SSSR count). The van der Waals surface area contributed by atoms with E-state index in [-0.39, 0.29) is 5.11 Å². The first-order valence-electron chi connectivity index (χ1n) is 4.31. The first-order valence-corrected chi connectivity index (χ1v) is 4.72. The fraction of sp³-hybridized carbons (Fsp3) is 0.750. The Bertz CT molecular complexity index is 158. The molecular weight excluding hydrogens is 170 g/mol. The zero-order valence-electron chi connectivity index (χ0n) is 7.76. The van der Waals surface area contributed by atoms with Crippen LogP contribution in [0.4, 0.5) is 0 Å². The highest BCUT2D eigenvalue weighted by Crippen LogP contribution is 1.99. The number of hydrogen-bond acceptors (Lipinski definition) is 2. The zero-order chi connectivity index (χ0) is 9.40. The minimum absolute atomic E-state index is 0.236. The van der Waals surface area contributed by atoms with Crippen LogP contribution in [0.2, 0.25) is 0 Å². The Hall–Kier alpha value is -0.640. The van der Waals surface area contributed by atoms with E-state index in [1.165, 1.54) is 0 Å². The van der Waals surface area contributed by atoms with Crippen molar-refractivity contribution in [3.8, 4) is 0 Å². The third-order valence-corrected chi connectivity index (χ3v) is 1.49. The predicted octanol–water partition coefficient (Wildman–Crippen LogP) is 1.78. The van der Waals surface area contributed by atoms with Crippen molar-refractivity contribution in [2.45, 2.75) is 39.5 Å². The molecule has 12 heavy (non-hydrogen) atoms. The van der Waals surface area contributed by atoms with Crippen LogP contribution in [0.3, 0.4) is 0 Å². The molecule has 0 radical (unpaired) electrons. The van der Waals surface area contributed by atoms with Gasteiger partial charge in [-0.05, 0) is 25.1 Å². The van der Waals surface area contributed by atoms with E-state index in [1.54, 1.807) is 0 Å². The standard InChI is InChI=1S/C8H17N3S/c1-3-5-7(6-4-2)10-11-8(9)12/h3-6H2,1-2H3,(H3,9,11,12). The number of nitrogens with two attached hydrogens (primary N) is 1. The van der Waals surface area contributed by atoms with Crippen molar-refractivity contribution < 1.29 is 0 Å². The van der Waals surface area contributed by atoms with E-state index < -0.39 is 0 Å². The molecule has 4 heteroatoms. The Morgan fingerprint density at radius 3 is 2.17 bits per heavy atom. The van der Waals surface area contributed by atoms with Crippen LogP contribution in [0.5, 0.6) is 0 Å². The highest BCUT2D eigenvalue weighted by atomic mass is 32.1. The van der Waals surface area contributed by atoms with Crippen molar-refractivity contribution in [1.82, 2.24) is 5.43 Å². The van der Waals surface area contributed by atoms with Gasteiger partial charge >= 0.3 is 0 Å². The van der Waals surface area contributed by atoms with Crippen LogP contribution in [0, 0.1) is 0 Å². The zero-order valence-corrected chi connectivity index (χ0v) is 8.58. The minimum atomic E-state index is 0.236. The molecule has 0 amide bonds. The summed E-state index contributed by atoms with van der Waals surface area (Å²) in [5.41, 5.74) is 9.00. The van der Waals surface area contributed by atoms with Crippen LogP contribution in [-0.2, 0) is 0 Å². The number of rotatable bonds is 5. The minimum Gasteiger partial charge on any atom is -0.375 e. The Morgan fingerprint density at radius 1 is 1.33 bits per heavy atom. The summed E-state index contributed by atoms with van der Waals surface area (Å²) < 4.78 is 0.